The van der Waals surface area contributed by atoms with Gasteiger partial charge in [0, 0.05) is 18.0 Å². The Morgan fingerprint density at radius 3 is 3.00 bits per heavy atom. The summed E-state index contributed by atoms with van der Waals surface area (Å²) < 4.78 is 11.5. The van der Waals surface area contributed by atoms with E-state index in [4.69, 9.17) is 26.8 Å². The van der Waals surface area contributed by atoms with Gasteiger partial charge >= 0.3 is 0 Å². The predicted molar refractivity (Wildman–Crippen MR) is 112 cm³/mol. The summed E-state index contributed by atoms with van der Waals surface area (Å²) in [6, 6.07) is 5.41. The van der Waals surface area contributed by atoms with Gasteiger partial charge in [0.05, 0.1) is 25.1 Å². The average Bonchev–Trinajstić information content (AvgIpc) is 3.40. The van der Waals surface area contributed by atoms with Crippen molar-refractivity contribution in [2.45, 2.75) is 25.0 Å². The zero-order valence-electron chi connectivity index (χ0n) is 15.6. The zero-order chi connectivity index (χ0) is 20.4. The minimum absolute atomic E-state index is 0.0492. The van der Waals surface area contributed by atoms with Gasteiger partial charge in [-0.25, -0.2) is 9.97 Å². The molecule has 1 aliphatic rings. The second-order valence-electron chi connectivity index (χ2n) is 6.77. The third kappa shape index (κ3) is 4.27. The molecule has 8 nitrogen and oxygen atoms in total. The lowest BCUT2D eigenvalue weighted by Crippen LogP contribution is -2.23. The largest absolute Gasteiger partial charge is 0.486 e. The Morgan fingerprint density at radius 1 is 1.41 bits per heavy atom. The van der Waals surface area contributed by atoms with Crippen molar-refractivity contribution in [2.24, 2.45) is 0 Å². The van der Waals surface area contributed by atoms with Crippen molar-refractivity contribution < 1.29 is 14.6 Å². The number of nitrogens with two attached hydrogens (primary N) is 1. The van der Waals surface area contributed by atoms with Gasteiger partial charge in [0.15, 0.2) is 5.82 Å². The standard InChI is InChI=1S/C19H20ClN5O3S/c1-19(26,17-22-5-7-29-17)11-2-3-15(28-12-4-6-27-10-12)14(8-11)24-16-13(20)9-23-18(21)25-16/h2-3,5,7-9,12,26H,4,6,10H2,1H3,(H3,21,23,24,25)/t12-,19?/m0/s1. The summed E-state index contributed by atoms with van der Waals surface area (Å²) in [6.45, 7) is 2.89. The third-order valence-corrected chi connectivity index (χ3v) is 5.85. The molecule has 10 heteroatoms. The summed E-state index contributed by atoms with van der Waals surface area (Å²) in [6.07, 6.45) is 3.84. The monoisotopic (exact) mass is 433 g/mol. The molecule has 152 valence electrons. The van der Waals surface area contributed by atoms with Crippen LogP contribution in [-0.2, 0) is 10.3 Å². The van der Waals surface area contributed by atoms with E-state index in [-0.39, 0.29) is 12.1 Å². The normalized spacial score (nSPS) is 18.4. The number of thiazole rings is 1. The first kappa shape index (κ1) is 19.8. The van der Waals surface area contributed by atoms with Gasteiger partial charge in [-0.1, -0.05) is 17.7 Å². The summed E-state index contributed by atoms with van der Waals surface area (Å²) in [7, 11) is 0. The van der Waals surface area contributed by atoms with Crippen LogP contribution in [0.5, 0.6) is 5.75 Å². The van der Waals surface area contributed by atoms with Crippen molar-refractivity contribution in [3.05, 3.63) is 51.6 Å². The number of nitrogens with zero attached hydrogens (tertiary/aromatic N) is 3. The Labute approximate surface area is 176 Å². The van der Waals surface area contributed by atoms with Crippen LogP contribution in [0, 0.1) is 0 Å². The first-order valence-corrected chi connectivity index (χ1v) is 10.3. The van der Waals surface area contributed by atoms with Crippen molar-refractivity contribution in [2.75, 3.05) is 24.3 Å². The van der Waals surface area contributed by atoms with Crippen LogP contribution in [0.3, 0.4) is 0 Å². The van der Waals surface area contributed by atoms with E-state index in [0.29, 0.717) is 46.1 Å². The smallest absolute Gasteiger partial charge is 0.222 e. The van der Waals surface area contributed by atoms with Crippen LogP contribution >= 0.6 is 22.9 Å². The summed E-state index contributed by atoms with van der Waals surface area (Å²) in [5.41, 5.74) is 5.66. The topological polar surface area (TPSA) is 115 Å². The van der Waals surface area contributed by atoms with E-state index < -0.39 is 5.60 Å². The number of aromatic nitrogens is 3. The molecule has 29 heavy (non-hydrogen) atoms. The van der Waals surface area contributed by atoms with Gasteiger partial charge in [-0.3, -0.25) is 0 Å². The molecule has 2 aromatic heterocycles. The van der Waals surface area contributed by atoms with Gasteiger partial charge in [-0.05, 0) is 24.6 Å². The molecule has 3 aromatic rings. The van der Waals surface area contributed by atoms with Gasteiger partial charge in [0.25, 0.3) is 0 Å². The molecule has 0 amide bonds. The lowest BCUT2D eigenvalue weighted by molar-refractivity contribution is 0.102. The molecule has 1 fully saturated rings. The minimum atomic E-state index is -1.27. The van der Waals surface area contributed by atoms with E-state index in [1.807, 2.05) is 11.4 Å². The van der Waals surface area contributed by atoms with Crippen molar-refractivity contribution in [1.82, 2.24) is 15.0 Å². The Morgan fingerprint density at radius 2 is 2.28 bits per heavy atom. The number of halogens is 1. The molecule has 1 aromatic carbocycles. The van der Waals surface area contributed by atoms with Crippen LogP contribution in [0.4, 0.5) is 17.5 Å². The Kier molecular flexibility index (Phi) is 5.55. The number of benzene rings is 1. The number of aliphatic hydroxyl groups is 1. The van der Waals surface area contributed by atoms with Crippen molar-refractivity contribution in [3.63, 3.8) is 0 Å². The highest BCUT2D eigenvalue weighted by atomic mass is 35.5. The number of nitrogen functional groups attached to an aromatic ring is 1. The van der Waals surface area contributed by atoms with Crippen LogP contribution in [0.2, 0.25) is 5.02 Å². The van der Waals surface area contributed by atoms with E-state index >= 15 is 0 Å². The molecule has 0 bridgehead atoms. The number of ether oxygens (including phenoxy) is 2. The number of hydrogen-bond acceptors (Lipinski definition) is 9. The molecule has 0 radical (unpaired) electrons. The molecule has 1 aliphatic heterocycles. The second kappa shape index (κ2) is 8.11. The SMILES string of the molecule is CC(O)(c1ccc(O[C@H]2CCOC2)c(Nc2nc(N)ncc2Cl)c1)c1nccs1. The van der Waals surface area contributed by atoms with Crippen molar-refractivity contribution in [3.8, 4) is 5.75 Å². The average molecular weight is 434 g/mol. The molecule has 0 saturated carbocycles. The summed E-state index contributed by atoms with van der Waals surface area (Å²) in [5, 5.41) is 17.0. The van der Waals surface area contributed by atoms with Gasteiger partial charge in [-0.15, -0.1) is 11.3 Å². The molecular formula is C19H20ClN5O3S. The van der Waals surface area contributed by atoms with E-state index in [1.54, 1.807) is 25.3 Å². The Hall–Kier alpha value is -2.46. The van der Waals surface area contributed by atoms with Crippen LogP contribution < -0.4 is 15.8 Å². The molecule has 2 atom stereocenters. The Bertz CT molecular complexity index is 994. The molecule has 3 heterocycles. The van der Waals surface area contributed by atoms with E-state index in [0.717, 1.165) is 6.42 Å². The predicted octanol–water partition coefficient (Wildman–Crippen LogP) is 3.34. The van der Waals surface area contributed by atoms with Gasteiger partial charge in [0.2, 0.25) is 5.95 Å². The summed E-state index contributed by atoms with van der Waals surface area (Å²) in [4.78, 5) is 12.3. The van der Waals surface area contributed by atoms with Crippen LogP contribution in [-0.4, -0.2) is 39.4 Å². The molecule has 0 spiro atoms. The highest BCUT2D eigenvalue weighted by Gasteiger charge is 2.30. The molecule has 0 aliphatic carbocycles. The van der Waals surface area contributed by atoms with Crippen molar-refractivity contribution >= 4 is 40.4 Å². The maximum absolute atomic E-state index is 11.1. The fourth-order valence-electron chi connectivity index (χ4n) is 3.00. The second-order valence-corrected chi connectivity index (χ2v) is 8.08. The lowest BCUT2D eigenvalue weighted by Gasteiger charge is -2.24. The third-order valence-electron chi connectivity index (χ3n) is 4.59. The number of nitrogens with one attached hydrogen (secondary N) is 1. The van der Waals surface area contributed by atoms with Gasteiger partial charge in [0.1, 0.15) is 27.5 Å². The highest BCUT2D eigenvalue weighted by Crippen LogP contribution is 2.38. The van der Waals surface area contributed by atoms with Gasteiger partial charge in [-0.2, -0.15) is 4.98 Å². The number of anilines is 3. The van der Waals surface area contributed by atoms with Crippen molar-refractivity contribution in [1.29, 1.82) is 0 Å². The van der Waals surface area contributed by atoms with E-state index in [1.165, 1.54) is 17.5 Å². The molecule has 1 unspecified atom stereocenters. The van der Waals surface area contributed by atoms with E-state index in [2.05, 4.69) is 20.3 Å². The summed E-state index contributed by atoms with van der Waals surface area (Å²) in [5.74, 6) is 1.03. The maximum Gasteiger partial charge on any atom is 0.222 e. The first-order chi connectivity index (χ1) is 13.9. The van der Waals surface area contributed by atoms with Crippen LogP contribution in [0.1, 0.15) is 23.9 Å². The fourth-order valence-corrected chi connectivity index (χ4v) is 3.86. The number of hydrogen-bond donors (Lipinski definition) is 3. The Balaban J connectivity index is 1.72. The van der Waals surface area contributed by atoms with E-state index in [9.17, 15) is 5.11 Å². The zero-order valence-corrected chi connectivity index (χ0v) is 17.2. The molecule has 1 saturated heterocycles. The number of rotatable bonds is 6. The van der Waals surface area contributed by atoms with Crippen LogP contribution in [0.15, 0.2) is 36.0 Å². The quantitative estimate of drug-likeness (QED) is 0.542. The minimum Gasteiger partial charge on any atom is -0.486 e. The van der Waals surface area contributed by atoms with Crippen LogP contribution in [0.25, 0.3) is 0 Å². The fraction of sp³-hybridized carbons (Fsp3) is 0.316. The molecule has 4 N–H and O–H groups in total. The highest BCUT2D eigenvalue weighted by molar-refractivity contribution is 7.09. The molecular weight excluding hydrogens is 414 g/mol. The maximum atomic E-state index is 11.1. The summed E-state index contributed by atoms with van der Waals surface area (Å²) >= 11 is 7.60. The van der Waals surface area contributed by atoms with Gasteiger partial charge < -0.3 is 25.6 Å². The molecule has 4 rings (SSSR count). The first-order valence-electron chi connectivity index (χ1n) is 9.00. The lowest BCUT2D eigenvalue weighted by atomic mass is 9.96.